The molecule has 3 nitrogen and oxygen atoms in total. The second-order valence-electron chi connectivity index (χ2n) is 0.0680. The summed E-state index contributed by atoms with van der Waals surface area (Å²) in [5.74, 6) is 0. The van der Waals surface area contributed by atoms with Crippen molar-refractivity contribution in [1.29, 1.82) is 0 Å². The summed E-state index contributed by atoms with van der Waals surface area (Å²) in [6.07, 6.45) is 0. The van der Waals surface area contributed by atoms with Gasteiger partial charge in [-0.15, -0.1) is 0 Å². The topological polar surface area (TPSA) is 65.6 Å². The van der Waals surface area contributed by atoms with Gasteiger partial charge in [-0.1, -0.05) is 0 Å². The van der Waals surface area contributed by atoms with Gasteiger partial charge in [-0.05, 0) is 0 Å². The molecule has 0 amide bonds. The first-order chi connectivity index (χ1) is 1.41. The Morgan fingerprint density at radius 1 is 1.25 bits per heavy atom. The Balaban J connectivity index is 0. The van der Waals surface area contributed by atoms with Crippen LogP contribution in [0.25, 0.3) is 0 Å². The van der Waals surface area contributed by atoms with Crippen LogP contribution in [0.15, 0.2) is 0 Å². The van der Waals surface area contributed by atoms with Gasteiger partial charge in [0.2, 0.25) is 0 Å². The quantitative estimate of drug-likeness (QED) is 0.426. The zero-order valence-electron chi connectivity index (χ0n) is 1.72. The van der Waals surface area contributed by atoms with E-state index in [2.05, 4.69) is 0 Å². The summed E-state index contributed by atoms with van der Waals surface area (Å²) in [6, 6.07) is 0. The first-order valence-corrected chi connectivity index (χ1v) is 2.24. The van der Waals surface area contributed by atoms with Gasteiger partial charge in [-0.3, -0.25) is 0 Å². The van der Waals surface area contributed by atoms with Gasteiger partial charge in [0.15, 0.2) is 0 Å². The molecule has 0 aliphatic rings. The van der Waals surface area contributed by atoms with Crippen LogP contribution in [0.3, 0.4) is 0 Å². The fraction of sp³-hybridized carbons (Fsp3) is 0. The van der Waals surface area contributed by atoms with E-state index in [9.17, 15) is 0 Å². The van der Waals surface area contributed by atoms with Gasteiger partial charge in [0.05, 0.1) is 0 Å². The second kappa shape index (κ2) is 10.2. The van der Waals surface area contributed by atoms with Crippen LogP contribution >= 0.6 is 0 Å². The SMILES string of the molecule is O.O=[Te+]=O. The molecule has 0 bridgehead atoms. The molecule has 0 aliphatic heterocycles. The number of rotatable bonds is 0. The zero-order chi connectivity index (χ0) is 2.71. The normalized spacial score (nSPS) is 2.00. The Bertz CT molecular complexity index is 24.3. The third-order valence-corrected chi connectivity index (χ3v) is 0. The molecule has 1 radical (unpaired) electrons. The van der Waals surface area contributed by atoms with Crippen LogP contribution in [-0.4, -0.2) is 26.4 Å². The molecule has 0 spiro atoms. The summed E-state index contributed by atoms with van der Waals surface area (Å²) in [7, 11) is 0. The van der Waals surface area contributed by atoms with E-state index in [1.807, 2.05) is 0 Å². The molecular formula is H2O3Te+. The van der Waals surface area contributed by atoms with E-state index >= 15 is 0 Å². The molecule has 0 unspecified atom stereocenters. The Morgan fingerprint density at radius 3 is 1.25 bits per heavy atom. The Morgan fingerprint density at radius 2 is 1.25 bits per heavy atom. The molecule has 0 rings (SSSR count). The van der Waals surface area contributed by atoms with Gasteiger partial charge in [0, 0.05) is 0 Å². The predicted octanol–water partition coefficient (Wildman–Crippen LogP) is -1.44. The van der Waals surface area contributed by atoms with Crippen molar-refractivity contribution in [1.82, 2.24) is 0 Å². The van der Waals surface area contributed by atoms with E-state index in [0.717, 1.165) is 0 Å². The molecule has 0 aromatic heterocycles. The minimum atomic E-state index is -2.03. The van der Waals surface area contributed by atoms with Crippen LogP contribution in [0.5, 0.6) is 0 Å². The van der Waals surface area contributed by atoms with Crippen LogP contribution in [0, 0.1) is 0 Å². The average Bonchev–Trinajstić information content (AvgIpc) is 0.918. The first kappa shape index (κ1) is 8.84. The Kier molecular flexibility index (Phi) is 22.4. The van der Waals surface area contributed by atoms with E-state index in [1.54, 1.807) is 0 Å². The van der Waals surface area contributed by atoms with Gasteiger partial charge < -0.3 is 5.48 Å². The molecule has 0 aliphatic carbocycles. The summed E-state index contributed by atoms with van der Waals surface area (Å²) in [4.78, 5) is 0. The monoisotopic (exact) mass is 180 g/mol. The molecule has 0 saturated heterocycles. The maximum absolute atomic E-state index is 8.50. The van der Waals surface area contributed by atoms with Crippen LogP contribution in [0.2, 0.25) is 0 Å². The van der Waals surface area contributed by atoms with Crippen molar-refractivity contribution < 1.29 is 11.7 Å². The van der Waals surface area contributed by atoms with E-state index in [0.29, 0.717) is 0 Å². The number of hydrogen-bond acceptors (Lipinski definition) is 2. The molecule has 0 fully saturated rings. The fourth-order valence-electron chi connectivity index (χ4n) is 0. The molecule has 4 heteroatoms. The van der Waals surface area contributed by atoms with Crippen LogP contribution < -0.4 is 0 Å². The molecule has 0 atom stereocenters. The average molecular weight is 178 g/mol. The van der Waals surface area contributed by atoms with Crippen LogP contribution in [0.4, 0.5) is 0 Å². The molecule has 0 saturated carbocycles. The van der Waals surface area contributed by atoms with E-state index < -0.39 is 20.9 Å². The molecule has 0 aromatic rings. The summed E-state index contributed by atoms with van der Waals surface area (Å²) in [5.41, 5.74) is 0. The fourth-order valence-corrected chi connectivity index (χ4v) is 0. The van der Waals surface area contributed by atoms with Gasteiger partial charge in [0.25, 0.3) is 0 Å². The van der Waals surface area contributed by atoms with Crippen molar-refractivity contribution in [3.63, 3.8) is 0 Å². The summed E-state index contributed by atoms with van der Waals surface area (Å²) in [5, 5.41) is 0. The van der Waals surface area contributed by atoms with Crippen molar-refractivity contribution in [2.75, 3.05) is 0 Å². The van der Waals surface area contributed by atoms with Gasteiger partial charge >= 0.3 is 27.1 Å². The zero-order valence-corrected chi connectivity index (χ0v) is 4.06. The number of hydrogen-bond donors (Lipinski definition) is 0. The van der Waals surface area contributed by atoms with Crippen LogP contribution in [0.1, 0.15) is 0 Å². The van der Waals surface area contributed by atoms with Gasteiger partial charge in [-0.25, -0.2) is 0 Å². The summed E-state index contributed by atoms with van der Waals surface area (Å²) < 4.78 is 17.0. The molecule has 4 heavy (non-hydrogen) atoms. The van der Waals surface area contributed by atoms with Gasteiger partial charge in [0.1, 0.15) is 0 Å². The standard InChI is InChI=1S/O2Te.H2O/c1-3-2;/h;1H2/q+1;. The van der Waals surface area contributed by atoms with Crippen LogP contribution in [-0.2, 0) is 6.21 Å². The van der Waals surface area contributed by atoms with Gasteiger partial charge in [-0.2, -0.15) is 0 Å². The molecule has 0 aromatic carbocycles. The second-order valence-corrected chi connectivity index (χ2v) is 0.456. The third kappa shape index (κ3) is 35.0. The predicted molar refractivity (Wildman–Crippen MR) is 10.7 cm³/mol. The maximum atomic E-state index is 8.50. The first-order valence-electron chi connectivity index (χ1n) is 0.333. The molecule has 2 N–H and O–H groups in total. The molecule has 25 valence electrons. The third-order valence-electron chi connectivity index (χ3n) is 0. The van der Waals surface area contributed by atoms with Crippen molar-refractivity contribution in [2.45, 2.75) is 0 Å². The van der Waals surface area contributed by atoms with Crippen molar-refractivity contribution in [3.05, 3.63) is 0 Å². The minimum absolute atomic E-state index is 0. The van der Waals surface area contributed by atoms with Crippen molar-refractivity contribution >= 4 is 20.9 Å². The van der Waals surface area contributed by atoms with Crippen molar-refractivity contribution in [3.8, 4) is 0 Å². The molecule has 0 heterocycles. The summed E-state index contributed by atoms with van der Waals surface area (Å²) in [6.45, 7) is 0. The van der Waals surface area contributed by atoms with E-state index in [-0.39, 0.29) is 5.48 Å². The summed E-state index contributed by atoms with van der Waals surface area (Å²) >= 11 is -2.03. The Labute approximate surface area is 33.1 Å². The van der Waals surface area contributed by atoms with E-state index in [1.165, 1.54) is 0 Å². The molecular weight excluding hydrogens is 176 g/mol. The van der Waals surface area contributed by atoms with Crippen molar-refractivity contribution in [2.24, 2.45) is 0 Å². The van der Waals surface area contributed by atoms with E-state index in [4.69, 9.17) is 6.21 Å². The Hall–Kier alpha value is 0.350.